The first-order valence-electron chi connectivity index (χ1n) is 8.04. The summed E-state index contributed by atoms with van der Waals surface area (Å²) in [5.74, 6) is -0.220. The standard InChI is InChI=1S/C17H24N2O5/c1-11(2)24-15-9-13(6-7-14(15)23-3)18-17(22)19-8-4-5-12(10-19)16(20)21/h6-7,9,11-12H,4-5,8,10H2,1-3H3,(H,18,22)(H,20,21). The summed E-state index contributed by atoms with van der Waals surface area (Å²) < 4.78 is 10.9. The van der Waals surface area contributed by atoms with Crippen LogP contribution >= 0.6 is 0 Å². The smallest absolute Gasteiger partial charge is 0.321 e. The summed E-state index contributed by atoms with van der Waals surface area (Å²) in [7, 11) is 1.56. The zero-order valence-corrected chi connectivity index (χ0v) is 14.2. The number of likely N-dealkylation sites (tertiary alicyclic amines) is 1. The second-order valence-electron chi connectivity index (χ2n) is 6.09. The summed E-state index contributed by atoms with van der Waals surface area (Å²) in [6, 6.07) is 4.85. The predicted molar refractivity (Wildman–Crippen MR) is 89.7 cm³/mol. The van der Waals surface area contributed by atoms with Gasteiger partial charge in [0.05, 0.1) is 19.1 Å². The molecule has 0 spiro atoms. The van der Waals surface area contributed by atoms with Gasteiger partial charge in [0, 0.05) is 24.8 Å². The molecule has 1 saturated heterocycles. The van der Waals surface area contributed by atoms with E-state index in [9.17, 15) is 9.59 Å². The van der Waals surface area contributed by atoms with Gasteiger partial charge in [-0.15, -0.1) is 0 Å². The van der Waals surface area contributed by atoms with Gasteiger partial charge in [0.1, 0.15) is 0 Å². The lowest BCUT2D eigenvalue weighted by Gasteiger charge is -2.30. The number of carboxylic acid groups (broad SMARTS) is 1. The SMILES string of the molecule is COc1ccc(NC(=O)N2CCCC(C(=O)O)C2)cc1OC(C)C. The zero-order chi connectivity index (χ0) is 17.7. The number of carbonyl (C=O) groups is 2. The third kappa shape index (κ3) is 4.53. The van der Waals surface area contributed by atoms with Crippen LogP contribution in [0.4, 0.5) is 10.5 Å². The molecule has 2 rings (SSSR count). The van der Waals surface area contributed by atoms with E-state index in [-0.39, 0.29) is 18.7 Å². The summed E-state index contributed by atoms with van der Waals surface area (Å²) in [4.78, 5) is 25.0. The van der Waals surface area contributed by atoms with Gasteiger partial charge in [-0.25, -0.2) is 4.79 Å². The third-order valence-electron chi connectivity index (χ3n) is 3.84. The summed E-state index contributed by atoms with van der Waals surface area (Å²) in [6.45, 7) is 4.60. The minimum Gasteiger partial charge on any atom is -0.493 e. The number of amides is 2. The molecule has 0 saturated carbocycles. The first-order valence-corrected chi connectivity index (χ1v) is 8.04. The van der Waals surface area contributed by atoms with Crippen molar-refractivity contribution < 1.29 is 24.2 Å². The minimum atomic E-state index is -0.857. The van der Waals surface area contributed by atoms with Crippen molar-refractivity contribution in [2.75, 3.05) is 25.5 Å². The summed E-state index contributed by atoms with van der Waals surface area (Å²) in [5, 5.41) is 11.9. The van der Waals surface area contributed by atoms with E-state index in [4.69, 9.17) is 14.6 Å². The van der Waals surface area contributed by atoms with Crippen LogP contribution in [-0.2, 0) is 4.79 Å². The number of methoxy groups -OCH3 is 1. The number of nitrogens with zero attached hydrogens (tertiary/aromatic N) is 1. The van der Waals surface area contributed by atoms with E-state index in [1.54, 1.807) is 25.3 Å². The van der Waals surface area contributed by atoms with Crippen molar-refractivity contribution in [2.24, 2.45) is 5.92 Å². The maximum Gasteiger partial charge on any atom is 0.321 e. The third-order valence-corrected chi connectivity index (χ3v) is 3.84. The van der Waals surface area contributed by atoms with Crippen LogP contribution in [-0.4, -0.2) is 48.3 Å². The second-order valence-corrected chi connectivity index (χ2v) is 6.09. The van der Waals surface area contributed by atoms with E-state index in [0.717, 1.165) is 0 Å². The van der Waals surface area contributed by atoms with Gasteiger partial charge in [0.2, 0.25) is 0 Å². The van der Waals surface area contributed by atoms with Crippen LogP contribution in [0.2, 0.25) is 0 Å². The van der Waals surface area contributed by atoms with E-state index in [2.05, 4.69) is 5.32 Å². The predicted octanol–water partition coefficient (Wildman–Crippen LogP) is 2.81. The lowest BCUT2D eigenvalue weighted by atomic mass is 9.99. The van der Waals surface area contributed by atoms with Crippen LogP contribution in [0.1, 0.15) is 26.7 Å². The molecule has 1 heterocycles. The van der Waals surface area contributed by atoms with Gasteiger partial charge >= 0.3 is 12.0 Å². The molecular weight excluding hydrogens is 312 g/mol. The Balaban J connectivity index is 2.07. The summed E-state index contributed by atoms with van der Waals surface area (Å²) in [5.41, 5.74) is 0.578. The van der Waals surface area contributed by atoms with Crippen LogP contribution in [0.5, 0.6) is 11.5 Å². The Morgan fingerprint density at radius 1 is 1.33 bits per heavy atom. The van der Waals surface area contributed by atoms with Crippen molar-refractivity contribution in [1.29, 1.82) is 0 Å². The molecule has 7 heteroatoms. The molecule has 1 atom stereocenters. The lowest BCUT2D eigenvalue weighted by Crippen LogP contribution is -2.44. The molecule has 0 aliphatic carbocycles. The minimum absolute atomic E-state index is 0.0247. The highest BCUT2D eigenvalue weighted by Crippen LogP contribution is 2.31. The monoisotopic (exact) mass is 336 g/mol. The van der Waals surface area contributed by atoms with E-state index < -0.39 is 11.9 Å². The second kappa shape index (κ2) is 7.90. The molecule has 2 amide bonds. The molecule has 1 unspecified atom stereocenters. The van der Waals surface area contributed by atoms with Crippen LogP contribution < -0.4 is 14.8 Å². The van der Waals surface area contributed by atoms with Gasteiger partial charge in [-0.3, -0.25) is 4.79 Å². The van der Waals surface area contributed by atoms with E-state index >= 15 is 0 Å². The Hall–Kier alpha value is -2.44. The van der Waals surface area contributed by atoms with Gasteiger partial charge < -0.3 is 24.8 Å². The number of nitrogens with one attached hydrogen (secondary N) is 1. The van der Waals surface area contributed by atoms with Gasteiger partial charge in [0.25, 0.3) is 0 Å². The number of ether oxygens (including phenoxy) is 2. The molecule has 1 aliphatic heterocycles. The Labute approximate surface area is 141 Å². The molecule has 24 heavy (non-hydrogen) atoms. The maximum absolute atomic E-state index is 12.4. The average Bonchev–Trinajstić information content (AvgIpc) is 2.54. The molecular formula is C17H24N2O5. The first-order chi connectivity index (χ1) is 11.4. The van der Waals surface area contributed by atoms with Crippen LogP contribution in [0.15, 0.2) is 18.2 Å². The highest BCUT2D eigenvalue weighted by molar-refractivity contribution is 5.90. The number of hydrogen-bond donors (Lipinski definition) is 2. The number of carboxylic acids is 1. The Kier molecular flexibility index (Phi) is 5.89. The van der Waals surface area contributed by atoms with Crippen molar-refractivity contribution in [3.8, 4) is 11.5 Å². The fourth-order valence-corrected chi connectivity index (χ4v) is 2.67. The van der Waals surface area contributed by atoms with Crippen molar-refractivity contribution >= 4 is 17.7 Å². The fraction of sp³-hybridized carbons (Fsp3) is 0.529. The number of rotatable bonds is 5. The van der Waals surface area contributed by atoms with Gasteiger partial charge in [-0.2, -0.15) is 0 Å². The number of benzene rings is 1. The van der Waals surface area contributed by atoms with Gasteiger partial charge in [0.15, 0.2) is 11.5 Å². The molecule has 0 bridgehead atoms. The maximum atomic E-state index is 12.4. The molecule has 2 N–H and O–H groups in total. The molecule has 132 valence electrons. The van der Waals surface area contributed by atoms with Crippen molar-refractivity contribution in [3.63, 3.8) is 0 Å². The van der Waals surface area contributed by atoms with E-state index in [1.165, 1.54) is 4.90 Å². The normalized spacial score (nSPS) is 17.5. The number of hydrogen-bond acceptors (Lipinski definition) is 4. The Morgan fingerprint density at radius 3 is 2.71 bits per heavy atom. The molecule has 1 aromatic carbocycles. The van der Waals surface area contributed by atoms with Gasteiger partial charge in [-0.1, -0.05) is 0 Å². The number of carbonyl (C=O) groups excluding carboxylic acids is 1. The number of anilines is 1. The first kappa shape index (κ1) is 17.9. The van der Waals surface area contributed by atoms with E-state index in [0.29, 0.717) is 36.6 Å². The molecule has 7 nitrogen and oxygen atoms in total. The molecule has 1 aliphatic rings. The lowest BCUT2D eigenvalue weighted by molar-refractivity contribution is -0.143. The highest BCUT2D eigenvalue weighted by Gasteiger charge is 2.28. The molecule has 1 fully saturated rings. The highest BCUT2D eigenvalue weighted by atomic mass is 16.5. The zero-order valence-electron chi connectivity index (χ0n) is 14.2. The Morgan fingerprint density at radius 2 is 2.08 bits per heavy atom. The number of piperidine rings is 1. The molecule has 0 aromatic heterocycles. The van der Waals surface area contributed by atoms with Crippen LogP contribution in [0.25, 0.3) is 0 Å². The van der Waals surface area contributed by atoms with Crippen molar-refractivity contribution in [2.45, 2.75) is 32.8 Å². The fourth-order valence-electron chi connectivity index (χ4n) is 2.67. The van der Waals surface area contributed by atoms with Crippen LogP contribution in [0, 0.1) is 5.92 Å². The summed E-state index contributed by atoms with van der Waals surface area (Å²) >= 11 is 0. The molecule has 0 radical (unpaired) electrons. The van der Waals surface area contributed by atoms with Gasteiger partial charge in [-0.05, 0) is 38.8 Å². The van der Waals surface area contributed by atoms with E-state index in [1.807, 2.05) is 13.8 Å². The molecule has 1 aromatic rings. The Bertz CT molecular complexity index is 603. The van der Waals surface area contributed by atoms with Crippen molar-refractivity contribution in [3.05, 3.63) is 18.2 Å². The average molecular weight is 336 g/mol. The number of urea groups is 1. The number of aliphatic carboxylic acids is 1. The quantitative estimate of drug-likeness (QED) is 0.863. The largest absolute Gasteiger partial charge is 0.493 e. The van der Waals surface area contributed by atoms with Crippen LogP contribution in [0.3, 0.4) is 0 Å². The van der Waals surface area contributed by atoms with Crippen molar-refractivity contribution in [1.82, 2.24) is 4.90 Å². The summed E-state index contributed by atoms with van der Waals surface area (Å²) in [6.07, 6.45) is 1.27. The topological polar surface area (TPSA) is 88.1 Å².